The van der Waals surface area contributed by atoms with E-state index in [4.69, 9.17) is 5.73 Å². The van der Waals surface area contributed by atoms with E-state index in [2.05, 4.69) is 11.0 Å². The summed E-state index contributed by atoms with van der Waals surface area (Å²) >= 11 is 0. The fourth-order valence-corrected chi connectivity index (χ4v) is 1.72. The van der Waals surface area contributed by atoms with Gasteiger partial charge >= 0.3 is 0 Å². The topological polar surface area (TPSA) is 49.5 Å². The van der Waals surface area contributed by atoms with E-state index >= 15 is 0 Å². The quantitative estimate of drug-likeness (QED) is 0.757. The van der Waals surface area contributed by atoms with Crippen LogP contribution in [0.15, 0.2) is 24.3 Å². The van der Waals surface area contributed by atoms with Gasteiger partial charge in [-0.05, 0) is 25.1 Å². The van der Waals surface area contributed by atoms with Crippen LogP contribution in [0.5, 0.6) is 0 Å². The van der Waals surface area contributed by atoms with E-state index in [0.717, 1.165) is 6.54 Å². The molecule has 1 rings (SSSR count). The van der Waals surface area contributed by atoms with E-state index in [9.17, 15) is 5.11 Å². The van der Waals surface area contributed by atoms with Crippen molar-refractivity contribution in [1.82, 2.24) is 4.90 Å². The molecule has 0 saturated heterocycles. The van der Waals surface area contributed by atoms with Crippen molar-refractivity contribution in [3.05, 3.63) is 35.4 Å². The molecule has 0 fully saturated rings. The molecule has 0 aliphatic rings. The lowest BCUT2D eigenvalue weighted by Gasteiger charge is -2.19. The summed E-state index contributed by atoms with van der Waals surface area (Å²) in [4.78, 5) is 2.10. The van der Waals surface area contributed by atoms with Gasteiger partial charge < -0.3 is 10.8 Å². The highest BCUT2D eigenvalue weighted by atomic mass is 16.3. The predicted octanol–water partition coefficient (Wildman–Crippen LogP) is 0.958. The van der Waals surface area contributed by atoms with Crippen molar-refractivity contribution in [1.29, 1.82) is 0 Å². The molecule has 0 spiro atoms. The number of nitrogens with zero attached hydrogens (tertiary/aromatic N) is 1. The fourth-order valence-electron chi connectivity index (χ4n) is 1.72. The highest BCUT2D eigenvalue weighted by Crippen LogP contribution is 2.10. The number of hydrogen-bond donors (Lipinski definition) is 2. The Morgan fingerprint density at radius 1 is 1.33 bits per heavy atom. The zero-order chi connectivity index (χ0) is 11.3. The van der Waals surface area contributed by atoms with E-state index < -0.39 is 0 Å². The van der Waals surface area contributed by atoms with E-state index in [1.807, 2.05) is 25.2 Å². The van der Waals surface area contributed by atoms with Crippen LogP contribution >= 0.6 is 0 Å². The highest BCUT2D eigenvalue weighted by molar-refractivity contribution is 5.26. The van der Waals surface area contributed by atoms with Crippen molar-refractivity contribution in [2.24, 2.45) is 5.73 Å². The van der Waals surface area contributed by atoms with Gasteiger partial charge in [0, 0.05) is 19.6 Å². The van der Waals surface area contributed by atoms with Crippen molar-refractivity contribution in [3.63, 3.8) is 0 Å². The molecule has 0 amide bonds. The normalized spacial score (nSPS) is 13.1. The molecule has 0 saturated carbocycles. The van der Waals surface area contributed by atoms with Gasteiger partial charge in [0.15, 0.2) is 0 Å². The molecular formula is C12H20N2O. The van der Waals surface area contributed by atoms with Crippen LogP contribution in [-0.2, 0) is 13.1 Å². The van der Waals surface area contributed by atoms with Crippen molar-refractivity contribution in [2.75, 3.05) is 13.6 Å². The number of nitrogens with two attached hydrogens (primary N) is 1. The van der Waals surface area contributed by atoms with Crippen LogP contribution in [0.1, 0.15) is 18.1 Å². The molecule has 0 radical (unpaired) electrons. The zero-order valence-electron chi connectivity index (χ0n) is 9.48. The molecule has 0 bridgehead atoms. The first-order valence-electron chi connectivity index (χ1n) is 5.27. The van der Waals surface area contributed by atoms with Crippen LogP contribution in [0, 0.1) is 0 Å². The molecule has 0 heterocycles. The Morgan fingerprint density at radius 3 is 2.47 bits per heavy atom. The van der Waals surface area contributed by atoms with Crippen LogP contribution in [0.4, 0.5) is 0 Å². The molecular weight excluding hydrogens is 188 g/mol. The van der Waals surface area contributed by atoms with Gasteiger partial charge in [-0.15, -0.1) is 0 Å². The third-order valence-electron chi connectivity index (χ3n) is 2.35. The monoisotopic (exact) mass is 208 g/mol. The minimum atomic E-state index is -0.292. The Morgan fingerprint density at radius 2 is 1.93 bits per heavy atom. The lowest BCUT2D eigenvalue weighted by Crippen LogP contribution is -2.27. The largest absolute Gasteiger partial charge is 0.392 e. The summed E-state index contributed by atoms with van der Waals surface area (Å²) in [6, 6.07) is 8.15. The molecule has 15 heavy (non-hydrogen) atoms. The van der Waals surface area contributed by atoms with Crippen LogP contribution in [-0.4, -0.2) is 29.7 Å². The first-order chi connectivity index (χ1) is 7.13. The van der Waals surface area contributed by atoms with Crippen LogP contribution in [0.3, 0.4) is 0 Å². The van der Waals surface area contributed by atoms with Gasteiger partial charge in [-0.2, -0.15) is 0 Å². The van der Waals surface area contributed by atoms with Gasteiger partial charge in [-0.3, -0.25) is 4.90 Å². The number of hydrogen-bond acceptors (Lipinski definition) is 3. The Balaban J connectivity index is 2.63. The Labute approximate surface area is 91.5 Å². The second kappa shape index (κ2) is 5.85. The molecule has 3 N–H and O–H groups in total. The van der Waals surface area contributed by atoms with E-state index in [-0.39, 0.29) is 6.10 Å². The lowest BCUT2D eigenvalue weighted by atomic mass is 10.1. The van der Waals surface area contributed by atoms with E-state index in [0.29, 0.717) is 13.1 Å². The van der Waals surface area contributed by atoms with Gasteiger partial charge in [-0.1, -0.05) is 24.3 Å². The van der Waals surface area contributed by atoms with Crippen LogP contribution < -0.4 is 5.73 Å². The second-order valence-corrected chi connectivity index (χ2v) is 4.02. The van der Waals surface area contributed by atoms with Crippen molar-refractivity contribution >= 4 is 0 Å². The third kappa shape index (κ3) is 4.00. The maximum absolute atomic E-state index is 9.26. The minimum absolute atomic E-state index is 0.292. The Kier molecular flexibility index (Phi) is 4.75. The Hall–Kier alpha value is -0.900. The van der Waals surface area contributed by atoms with Gasteiger partial charge in [0.1, 0.15) is 0 Å². The molecule has 3 heteroatoms. The molecule has 1 aromatic rings. The summed E-state index contributed by atoms with van der Waals surface area (Å²) in [6.45, 7) is 3.88. The molecule has 3 nitrogen and oxygen atoms in total. The van der Waals surface area contributed by atoms with Gasteiger partial charge in [-0.25, -0.2) is 0 Å². The molecule has 1 unspecified atom stereocenters. The average molecular weight is 208 g/mol. The van der Waals surface area contributed by atoms with E-state index in [1.54, 1.807) is 6.92 Å². The highest BCUT2D eigenvalue weighted by Gasteiger charge is 2.06. The summed E-state index contributed by atoms with van der Waals surface area (Å²) < 4.78 is 0. The molecule has 1 atom stereocenters. The molecule has 1 aromatic carbocycles. The van der Waals surface area contributed by atoms with Crippen LogP contribution in [0.2, 0.25) is 0 Å². The van der Waals surface area contributed by atoms with Crippen molar-refractivity contribution in [2.45, 2.75) is 26.1 Å². The standard InChI is InChI=1S/C12H20N2O/c1-10(15)8-14(2)9-12-6-4-3-5-11(12)7-13/h3-6,10,15H,7-9,13H2,1-2H3. The maximum atomic E-state index is 9.26. The van der Waals surface area contributed by atoms with E-state index in [1.165, 1.54) is 11.1 Å². The summed E-state index contributed by atoms with van der Waals surface area (Å²) in [5, 5.41) is 9.26. The Bertz CT molecular complexity index is 299. The fraction of sp³-hybridized carbons (Fsp3) is 0.500. The zero-order valence-corrected chi connectivity index (χ0v) is 9.48. The first kappa shape index (κ1) is 12.2. The SMILES string of the molecule is CC(O)CN(C)Cc1ccccc1CN. The van der Waals surface area contributed by atoms with Gasteiger partial charge in [0.25, 0.3) is 0 Å². The predicted molar refractivity (Wildman–Crippen MR) is 62.3 cm³/mol. The van der Waals surface area contributed by atoms with Gasteiger partial charge in [0.05, 0.1) is 6.10 Å². The van der Waals surface area contributed by atoms with Crippen molar-refractivity contribution < 1.29 is 5.11 Å². The number of aliphatic hydroxyl groups is 1. The third-order valence-corrected chi connectivity index (χ3v) is 2.35. The molecule has 0 aromatic heterocycles. The molecule has 0 aliphatic carbocycles. The maximum Gasteiger partial charge on any atom is 0.0639 e. The molecule has 0 aliphatic heterocycles. The summed E-state index contributed by atoms with van der Waals surface area (Å²) in [7, 11) is 2.00. The summed E-state index contributed by atoms with van der Waals surface area (Å²) in [5.41, 5.74) is 8.07. The number of rotatable bonds is 5. The van der Waals surface area contributed by atoms with Crippen molar-refractivity contribution in [3.8, 4) is 0 Å². The summed E-state index contributed by atoms with van der Waals surface area (Å²) in [5.74, 6) is 0. The number of likely N-dealkylation sites (N-methyl/N-ethyl adjacent to an activating group) is 1. The van der Waals surface area contributed by atoms with Gasteiger partial charge in [0.2, 0.25) is 0 Å². The lowest BCUT2D eigenvalue weighted by molar-refractivity contribution is 0.138. The smallest absolute Gasteiger partial charge is 0.0639 e. The molecule has 84 valence electrons. The summed E-state index contributed by atoms with van der Waals surface area (Å²) in [6.07, 6.45) is -0.292. The number of benzene rings is 1. The first-order valence-corrected chi connectivity index (χ1v) is 5.27. The number of aliphatic hydroxyl groups excluding tert-OH is 1. The van der Waals surface area contributed by atoms with Crippen LogP contribution in [0.25, 0.3) is 0 Å². The second-order valence-electron chi connectivity index (χ2n) is 4.02. The average Bonchev–Trinajstić information content (AvgIpc) is 2.17. The minimum Gasteiger partial charge on any atom is -0.392 e.